The van der Waals surface area contributed by atoms with Gasteiger partial charge in [0.05, 0.1) is 22.5 Å². The molecule has 0 aliphatic rings. The normalized spacial score (nSPS) is 11.0. The Balaban J connectivity index is 2.29. The molecular weight excluding hydrogens is 287 g/mol. The first-order valence-corrected chi connectivity index (χ1v) is 5.67. The summed E-state index contributed by atoms with van der Waals surface area (Å²) in [5, 5.41) is 14.7. The first-order chi connectivity index (χ1) is 9.81. The van der Waals surface area contributed by atoms with Gasteiger partial charge in [0.25, 0.3) is 5.91 Å². The number of carbonyl (C=O) groups is 1. The van der Waals surface area contributed by atoms with E-state index in [0.717, 1.165) is 12.1 Å². The predicted octanol–water partition coefficient (Wildman–Crippen LogP) is 3.13. The highest BCUT2D eigenvalue weighted by atomic mass is 19.4. The van der Waals surface area contributed by atoms with Crippen LogP contribution in [0.15, 0.2) is 28.8 Å². The van der Waals surface area contributed by atoms with Gasteiger partial charge < -0.3 is 9.84 Å². The molecule has 108 valence electrons. The molecule has 0 saturated heterocycles. The molecule has 0 saturated carbocycles. The van der Waals surface area contributed by atoms with Gasteiger partial charge in [-0.1, -0.05) is 5.16 Å². The molecule has 5 nitrogen and oxygen atoms in total. The maximum Gasteiger partial charge on any atom is 0.416 e. The second-order valence-corrected chi connectivity index (χ2v) is 4.16. The van der Waals surface area contributed by atoms with E-state index in [1.165, 1.54) is 6.07 Å². The van der Waals surface area contributed by atoms with E-state index in [-0.39, 0.29) is 17.0 Å². The summed E-state index contributed by atoms with van der Waals surface area (Å²) in [6.45, 7) is 1.61. The molecular formula is C13H8F3N3O2. The van der Waals surface area contributed by atoms with Crippen molar-refractivity contribution >= 4 is 11.6 Å². The van der Waals surface area contributed by atoms with Crippen LogP contribution in [0.2, 0.25) is 0 Å². The number of anilines is 1. The van der Waals surface area contributed by atoms with Gasteiger partial charge in [-0.25, -0.2) is 0 Å². The average molecular weight is 295 g/mol. The summed E-state index contributed by atoms with van der Waals surface area (Å²) >= 11 is 0. The molecule has 1 N–H and O–H groups in total. The van der Waals surface area contributed by atoms with E-state index < -0.39 is 17.6 Å². The maximum absolute atomic E-state index is 12.5. The first kappa shape index (κ1) is 14.6. The van der Waals surface area contributed by atoms with E-state index in [0.29, 0.717) is 11.8 Å². The molecule has 0 aliphatic heterocycles. The van der Waals surface area contributed by atoms with Gasteiger partial charge in [-0.15, -0.1) is 0 Å². The number of carbonyl (C=O) groups excluding carboxylic acids is 1. The van der Waals surface area contributed by atoms with Crippen LogP contribution in [0.3, 0.4) is 0 Å². The van der Waals surface area contributed by atoms with Crippen LogP contribution in [0, 0.1) is 18.3 Å². The molecule has 0 atom stereocenters. The first-order valence-electron chi connectivity index (χ1n) is 5.67. The van der Waals surface area contributed by atoms with Gasteiger partial charge in [0.15, 0.2) is 0 Å². The van der Waals surface area contributed by atoms with Crippen molar-refractivity contribution in [1.29, 1.82) is 5.26 Å². The molecule has 1 aromatic carbocycles. The van der Waals surface area contributed by atoms with Crippen LogP contribution in [-0.4, -0.2) is 11.1 Å². The number of benzene rings is 1. The third-order valence-corrected chi connectivity index (χ3v) is 2.57. The van der Waals surface area contributed by atoms with E-state index in [4.69, 9.17) is 9.78 Å². The third-order valence-electron chi connectivity index (χ3n) is 2.57. The topological polar surface area (TPSA) is 78.9 Å². The number of nitriles is 1. The summed E-state index contributed by atoms with van der Waals surface area (Å²) in [6, 6.07) is 5.44. The third kappa shape index (κ3) is 3.20. The number of aromatic nitrogens is 1. The Morgan fingerprint density at radius 3 is 2.62 bits per heavy atom. The highest BCUT2D eigenvalue weighted by Gasteiger charge is 2.31. The maximum atomic E-state index is 12.5. The van der Waals surface area contributed by atoms with E-state index in [2.05, 4.69) is 10.5 Å². The number of alkyl halides is 3. The Kier molecular flexibility index (Phi) is 3.67. The standard InChI is InChI=1S/C13H8F3N3O2/c1-7-4-11(21-19-7)12(20)18-10-3-2-9(13(14,15)16)5-8(10)6-17/h2-5H,1H3,(H,18,20). The molecule has 0 spiro atoms. The van der Waals surface area contributed by atoms with Crippen molar-refractivity contribution in [3.63, 3.8) is 0 Å². The van der Waals surface area contributed by atoms with Crippen molar-refractivity contribution in [3.05, 3.63) is 46.8 Å². The summed E-state index contributed by atoms with van der Waals surface area (Å²) < 4.78 is 42.4. The second kappa shape index (κ2) is 5.28. The summed E-state index contributed by atoms with van der Waals surface area (Å²) in [5.41, 5.74) is -0.820. The number of halogens is 3. The lowest BCUT2D eigenvalue weighted by Crippen LogP contribution is -2.13. The van der Waals surface area contributed by atoms with Crippen molar-refractivity contribution in [1.82, 2.24) is 5.16 Å². The molecule has 8 heteroatoms. The van der Waals surface area contributed by atoms with Gasteiger partial charge in [-0.2, -0.15) is 18.4 Å². The summed E-state index contributed by atoms with van der Waals surface area (Å²) in [4.78, 5) is 11.8. The largest absolute Gasteiger partial charge is 0.416 e. The van der Waals surface area contributed by atoms with Crippen LogP contribution in [0.25, 0.3) is 0 Å². The molecule has 2 rings (SSSR count). The summed E-state index contributed by atoms with van der Waals surface area (Å²) in [5.74, 6) is -0.803. The Hall–Kier alpha value is -2.82. The van der Waals surface area contributed by atoms with Gasteiger partial charge in [0, 0.05) is 6.07 Å². The minimum absolute atomic E-state index is 0.0375. The average Bonchev–Trinajstić information content (AvgIpc) is 2.84. The Labute approximate surface area is 117 Å². The number of hydrogen-bond donors (Lipinski definition) is 1. The molecule has 0 bridgehead atoms. The molecule has 21 heavy (non-hydrogen) atoms. The van der Waals surface area contributed by atoms with Crippen LogP contribution in [0.1, 0.15) is 27.4 Å². The van der Waals surface area contributed by atoms with Crippen LogP contribution in [-0.2, 0) is 6.18 Å². The van der Waals surface area contributed by atoms with E-state index in [9.17, 15) is 18.0 Å². The van der Waals surface area contributed by atoms with Gasteiger partial charge in [0.1, 0.15) is 6.07 Å². The van der Waals surface area contributed by atoms with Gasteiger partial charge in [-0.3, -0.25) is 4.79 Å². The van der Waals surface area contributed by atoms with Crippen molar-refractivity contribution in [3.8, 4) is 6.07 Å². The minimum Gasteiger partial charge on any atom is -0.351 e. The molecule has 1 amide bonds. The van der Waals surface area contributed by atoms with Gasteiger partial charge in [-0.05, 0) is 25.1 Å². The number of amides is 1. The van der Waals surface area contributed by atoms with E-state index in [1.807, 2.05) is 0 Å². The number of hydrogen-bond acceptors (Lipinski definition) is 4. The fourth-order valence-corrected chi connectivity index (χ4v) is 1.58. The number of nitrogens with one attached hydrogen (secondary N) is 1. The summed E-state index contributed by atoms with van der Waals surface area (Å²) in [7, 11) is 0. The monoisotopic (exact) mass is 295 g/mol. The molecule has 1 heterocycles. The Morgan fingerprint density at radius 1 is 1.38 bits per heavy atom. The van der Waals surface area contributed by atoms with Crippen molar-refractivity contribution in [2.24, 2.45) is 0 Å². The zero-order valence-corrected chi connectivity index (χ0v) is 10.7. The quantitative estimate of drug-likeness (QED) is 0.923. The van der Waals surface area contributed by atoms with E-state index >= 15 is 0 Å². The zero-order chi connectivity index (χ0) is 15.6. The van der Waals surface area contributed by atoms with E-state index in [1.54, 1.807) is 13.0 Å². The highest BCUT2D eigenvalue weighted by molar-refractivity contribution is 6.02. The highest BCUT2D eigenvalue weighted by Crippen LogP contribution is 2.31. The fraction of sp³-hybridized carbons (Fsp3) is 0.154. The van der Waals surface area contributed by atoms with Crippen LogP contribution < -0.4 is 5.32 Å². The molecule has 0 fully saturated rings. The molecule has 1 aromatic heterocycles. The minimum atomic E-state index is -4.56. The van der Waals surface area contributed by atoms with Crippen molar-refractivity contribution < 1.29 is 22.5 Å². The second-order valence-electron chi connectivity index (χ2n) is 4.16. The fourth-order valence-electron chi connectivity index (χ4n) is 1.58. The van der Waals surface area contributed by atoms with Gasteiger partial charge >= 0.3 is 6.18 Å². The molecule has 0 unspecified atom stereocenters. The molecule has 0 radical (unpaired) electrons. The van der Waals surface area contributed by atoms with Crippen LogP contribution in [0.4, 0.5) is 18.9 Å². The number of aryl methyl sites for hydroxylation is 1. The predicted molar refractivity (Wildman–Crippen MR) is 65.4 cm³/mol. The van der Waals surface area contributed by atoms with Crippen LogP contribution >= 0.6 is 0 Å². The Bertz CT molecular complexity index is 729. The lowest BCUT2D eigenvalue weighted by atomic mass is 10.1. The lowest BCUT2D eigenvalue weighted by molar-refractivity contribution is -0.137. The van der Waals surface area contributed by atoms with Crippen molar-refractivity contribution in [2.45, 2.75) is 13.1 Å². The lowest BCUT2D eigenvalue weighted by Gasteiger charge is -2.10. The van der Waals surface area contributed by atoms with Crippen molar-refractivity contribution in [2.75, 3.05) is 5.32 Å². The molecule has 2 aromatic rings. The number of nitrogens with zero attached hydrogens (tertiary/aromatic N) is 2. The zero-order valence-electron chi connectivity index (χ0n) is 10.7. The Morgan fingerprint density at radius 2 is 2.10 bits per heavy atom. The van der Waals surface area contributed by atoms with Gasteiger partial charge in [0.2, 0.25) is 5.76 Å². The smallest absolute Gasteiger partial charge is 0.351 e. The SMILES string of the molecule is Cc1cc(C(=O)Nc2ccc(C(F)(F)F)cc2C#N)on1. The molecule has 0 aliphatic carbocycles. The summed E-state index contributed by atoms with van der Waals surface area (Å²) in [6.07, 6.45) is -4.56. The van der Waals surface area contributed by atoms with Crippen LogP contribution in [0.5, 0.6) is 0 Å². The number of rotatable bonds is 2.